The molecule has 1 saturated heterocycles. The first-order valence-electron chi connectivity index (χ1n) is 5.55. The van der Waals surface area contributed by atoms with Gasteiger partial charge in [0, 0.05) is 19.6 Å². The number of piperidine rings is 1. The van der Waals surface area contributed by atoms with Gasteiger partial charge in [0.25, 0.3) is 0 Å². The van der Waals surface area contributed by atoms with Crippen molar-refractivity contribution in [3.63, 3.8) is 0 Å². The molecule has 1 rings (SSSR count). The Balaban J connectivity index is 1.98. The summed E-state index contributed by atoms with van der Waals surface area (Å²) < 4.78 is 4.90. The molecule has 1 fully saturated rings. The van der Waals surface area contributed by atoms with Gasteiger partial charge in [-0.15, -0.1) is 0 Å². The summed E-state index contributed by atoms with van der Waals surface area (Å²) in [5.41, 5.74) is 5.81. The molecule has 0 unspecified atom stereocenters. The lowest BCUT2D eigenvalue weighted by atomic mass is 10.1. The van der Waals surface area contributed by atoms with E-state index in [0.717, 1.165) is 38.9 Å². The molecule has 5 nitrogen and oxygen atoms in total. The van der Waals surface area contributed by atoms with Gasteiger partial charge in [-0.25, -0.2) is 4.79 Å². The molecule has 0 saturated carbocycles. The van der Waals surface area contributed by atoms with Crippen molar-refractivity contribution in [2.24, 2.45) is 5.73 Å². The van der Waals surface area contributed by atoms with Crippen LogP contribution in [0, 0.1) is 0 Å². The van der Waals surface area contributed by atoms with Crippen LogP contribution >= 0.6 is 0 Å². The number of carbonyl (C=O) groups is 1. The van der Waals surface area contributed by atoms with E-state index in [4.69, 9.17) is 10.5 Å². The van der Waals surface area contributed by atoms with Crippen LogP contribution in [0.3, 0.4) is 0 Å². The van der Waals surface area contributed by atoms with E-state index >= 15 is 0 Å². The molecule has 0 aromatic carbocycles. The van der Waals surface area contributed by atoms with Crippen molar-refractivity contribution in [3.05, 3.63) is 0 Å². The number of hydrogen-bond acceptors (Lipinski definition) is 4. The first-order valence-corrected chi connectivity index (χ1v) is 5.55. The Bertz CT molecular complexity index is 191. The third-order valence-corrected chi connectivity index (χ3v) is 2.69. The van der Waals surface area contributed by atoms with Crippen LogP contribution in [-0.4, -0.2) is 50.3 Å². The molecular formula is C10H21N3O2. The third kappa shape index (κ3) is 4.99. The molecule has 1 aliphatic heterocycles. The number of hydrogen-bond donors (Lipinski definition) is 2. The van der Waals surface area contributed by atoms with Crippen LogP contribution in [0.1, 0.15) is 19.3 Å². The van der Waals surface area contributed by atoms with Crippen LogP contribution in [0.5, 0.6) is 0 Å². The second-order valence-corrected chi connectivity index (χ2v) is 3.92. The van der Waals surface area contributed by atoms with Gasteiger partial charge in [0.1, 0.15) is 0 Å². The Labute approximate surface area is 90.9 Å². The van der Waals surface area contributed by atoms with Crippen molar-refractivity contribution in [2.45, 2.75) is 25.3 Å². The highest BCUT2D eigenvalue weighted by molar-refractivity contribution is 5.66. The van der Waals surface area contributed by atoms with E-state index in [1.165, 1.54) is 0 Å². The predicted molar refractivity (Wildman–Crippen MR) is 58.7 cm³/mol. The van der Waals surface area contributed by atoms with Crippen LogP contribution in [0.25, 0.3) is 0 Å². The molecule has 0 radical (unpaired) electrons. The zero-order valence-electron chi connectivity index (χ0n) is 9.37. The molecule has 0 bridgehead atoms. The molecule has 0 aliphatic carbocycles. The summed E-state index contributed by atoms with van der Waals surface area (Å²) in [5.74, 6) is 0. The van der Waals surface area contributed by atoms with Crippen LogP contribution in [0.4, 0.5) is 4.79 Å². The van der Waals surface area contributed by atoms with Crippen molar-refractivity contribution >= 4 is 6.09 Å². The van der Waals surface area contributed by atoms with Crippen LogP contribution in [-0.2, 0) is 4.74 Å². The Morgan fingerprint density at radius 1 is 1.53 bits per heavy atom. The van der Waals surface area contributed by atoms with Gasteiger partial charge in [0.15, 0.2) is 0 Å². The second kappa shape index (κ2) is 6.63. The Kier molecular flexibility index (Phi) is 5.42. The van der Waals surface area contributed by atoms with Gasteiger partial charge in [-0.1, -0.05) is 0 Å². The Hall–Kier alpha value is -0.810. The molecule has 1 heterocycles. The SMILES string of the molecule is CNC(=O)OCCCN1CCC(N)CC1. The molecule has 88 valence electrons. The first kappa shape index (κ1) is 12.3. The van der Waals surface area contributed by atoms with Crippen LogP contribution < -0.4 is 11.1 Å². The maximum Gasteiger partial charge on any atom is 0.406 e. The van der Waals surface area contributed by atoms with E-state index in [1.54, 1.807) is 7.05 Å². The maximum absolute atomic E-state index is 10.7. The van der Waals surface area contributed by atoms with Crippen LogP contribution in [0.2, 0.25) is 0 Å². The molecule has 0 atom stereocenters. The average Bonchev–Trinajstić information content (AvgIpc) is 2.26. The van der Waals surface area contributed by atoms with Gasteiger partial charge in [-0.3, -0.25) is 0 Å². The summed E-state index contributed by atoms with van der Waals surface area (Å²) in [6, 6.07) is 0.378. The molecule has 1 amide bonds. The van der Waals surface area contributed by atoms with Gasteiger partial charge in [0.2, 0.25) is 0 Å². The van der Waals surface area contributed by atoms with E-state index in [9.17, 15) is 4.79 Å². The Morgan fingerprint density at radius 2 is 2.20 bits per heavy atom. The number of rotatable bonds is 4. The van der Waals surface area contributed by atoms with E-state index in [-0.39, 0.29) is 6.09 Å². The maximum atomic E-state index is 10.7. The predicted octanol–water partition coefficient (Wildman–Crippen LogP) is 0.156. The highest BCUT2D eigenvalue weighted by Crippen LogP contribution is 2.08. The number of ether oxygens (including phenoxy) is 1. The quantitative estimate of drug-likeness (QED) is 0.655. The topological polar surface area (TPSA) is 67.6 Å². The van der Waals surface area contributed by atoms with Gasteiger partial charge in [-0.05, 0) is 32.4 Å². The van der Waals surface area contributed by atoms with Crippen molar-refractivity contribution in [2.75, 3.05) is 33.3 Å². The minimum Gasteiger partial charge on any atom is -0.450 e. The molecule has 15 heavy (non-hydrogen) atoms. The minimum absolute atomic E-state index is 0.351. The van der Waals surface area contributed by atoms with E-state index in [0.29, 0.717) is 12.6 Å². The number of nitrogens with zero attached hydrogens (tertiary/aromatic N) is 1. The highest BCUT2D eigenvalue weighted by atomic mass is 16.5. The van der Waals surface area contributed by atoms with Crippen molar-refractivity contribution in [3.8, 4) is 0 Å². The van der Waals surface area contributed by atoms with E-state index in [1.807, 2.05) is 0 Å². The zero-order valence-corrected chi connectivity index (χ0v) is 9.37. The molecular weight excluding hydrogens is 194 g/mol. The number of nitrogens with two attached hydrogens (primary N) is 1. The minimum atomic E-state index is -0.351. The van der Waals surface area contributed by atoms with Gasteiger partial charge in [0.05, 0.1) is 6.61 Å². The van der Waals surface area contributed by atoms with Gasteiger partial charge < -0.3 is 20.7 Å². The van der Waals surface area contributed by atoms with Crippen molar-refractivity contribution in [1.82, 2.24) is 10.2 Å². The van der Waals surface area contributed by atoms with E-state index in [2.05, 4.69) is 10.2 Å². The monoisotopic (exact) mass is 215 g/mol. The summed E-state index contributed by atoms with van der Waals surface area (Å²) in [7, 11) is 1.56. The van der Waals surface area contributed by atoms with Crippen LogP contribution in [0.15, 0.2) is 0 Å². The van der Waals surface area contributed by atoms with E-state index < -0.39 is 0 Å². The summed E-state index contributed by atoms with van der Waals surface area (Å²) >= 11 is 0. The number of likely N-dealkylation sites (tertiary alicyclic amines) is 1. The lowest BCUT2D eigenvalue weighted by Gasteiger charge is -2.29. The fourth-order valence-electron chi connectivity index (χ4n) is 1.70. The normalized spacial score (nSPS) is 18.8. The first-order chi connectivity index (χ1) is 7.22. The number of carbonyl (C=O) groups excluding carboxylic acids is 1. The lowest BCUT2D eigenvalue weighted by Crippen LogP contribution is -2.40. The molecule has 3 N–H and O–H groups in total. The van der Waals surface area contributed by atoms with Gasteiger partial charge in [-0.2, -0.15) is 0 Å². The third-order valence-electron chi connectivity index (χ3n) is 2.69. The van der Waals surface area contributed by atoms with Gasteiger partial charge >= 0.3 is 6.09 Å². The number of nitrogens with one attached hydrogen (secondary N) is 1. The number of amides is 1. The smallest absolute Gasteiger partial charge is 0.406 e. The summed E-state index contributed by atoms with van der Waals surface area (Å²) in [6.45, 7) is 3.62. The summed E-state index contributed by atoms with van der Waals surface area (Å²) in [4.78, 5) is 13.1. The van der Waals surface area contributed by atoms with Crippen molar-refractivity contribution in [1.29, 1.82) is 0 Å². The lowest BCUT2D eigenvalue weighted by molar-refractivity contribution is 0.136. The second-order valence-electron chi connectivity index (χ2n) is 3.92. The highest BCUT2D eigenvalue weighted by Gasteiger charge is 2.15. The summed E-state index contributed by atoms with van der Waals surface area (Å²) in [6.07, 6.45) is 2.70. The molecule has 0 spiro atoms. The Morgan fingerprint density at radius 3 is 2.80 bits per heavy atom. The largest absolute Gasteiger partial charge is 0.450 e. The standard InChI is InChI=1S/C10H21N3O2/c1-12-10(14)15-8-2-5-13-6-3-9(11)4-7-13/h9H,2-8,11H2,1H3,(H,12,14). The molecule has 5 heteroatoms. The average molecular weight is 215 g/mol. The van der Waals surface area contributed by atoms with Crippen molar-refractivity contribution < 1.29 is 9.53 Å². The fraction of sp³-hybridized carbons (Fsp3) is 0.900. The molecule has 0 aromatic heterocycles. The zero-order chi connectivity index (χ0) is 11.1. The molecule has 0 aromatic rings. The number of alkyl carbamates (subject to hydrolysis) is 1. The molecule has 1 aliphatic rings. The fourth-order valence-corrected chi connectivity index (χ4v) is 1.70. The summed E-state index contributed by atoms with van der Waals surface area (Å²) in [5, 5.41) is 2.42.